The van der Waals surface area contributed by atoms with Crippen molar-refractivity contribution in [3.63, 3.8) is 0 Å². The number of aliphatic hydroxyl groups is 2. The molecule has 0 amide bonds. The maximum Gasteiger partial charge on any atom is 0.337 e. The average Bonchev–Trinajstić information content (AvgIpc) is 2.59. The molecule has 130 valence electrons. The Kier molecular flexibility index (Phi) is 8.39. The smallest absolute Gasteiger partial charge is 0.337 e. The first kappa shape index (κ1) is 19.2. The first-order valence-electron chi connectivity index (χ1n) is 7.47. The Morgan fingerprint density at radius 2 is 2.04 bits per heavy atom. The van der Waals surface area contributed by atoms with Crippen LogP contribution >= 0.6 is 0 Å². The van der Waals surface area contributed by atoms with E-state index in [4.69, 9.17) is 14.6 Å². The van der Waals surface area contributed by atoms with Crippen molar-refractivity contribution in [3.8, 4) is 11.5 Å². The van der Waals surface area contributed by atoms with Gasteiger partial charge in [0, 0.05) is 12.6 Å². The molecule has 7 heteroatoms. The quantitative estimate of drug-likeness (QED) is 0.541. The van der Waals surface area contributed by atoms with Gasteiger partial charge in [-0.2, -0.15) is 0 Å². The van der Waals surface area contributed by atoms with Crippen molar-refractivity contribution in [1.82, 2.24) is 5.32 Å². The molecule has 0 aromatic heterocycles. The zero-order valence-corrected chi connectivity index (χ0v) is 13.7. The Bertz CT molecular complexity index is 489. The fraction of sp³-hybridized carbons (Fsp3) is 0.562. The lowest BCUT2D eigenvalue weighted by Gasteiger charge is -2.18. The van der Waals surface area contributed by atoms with Crippen molar-refractivity contribution in [2.24, 2.45) is 0 Å². The van der Waals surface area contributed by atoms with E-state index < -0.39 is 12.1 Å². The zero-order chi connectivity index (χ0) is 17.2. The largest absolute Gasteiger partial charge is 0.493 e. The van der Waals surface area contributed by atoms with E-state index in [9.17, 15) is 9.90 Å². The van der Waals surface area contributed by atoms with Crippen molar-refractivity contribution < 1.29 is 29.2 Å². The van der Waals surface area contributed by atoms with E-state index in [1.807, 2.05) is 6.92 Å². The molecule has 0 aliphatic carbocycles. The molecule has 1 aromatic rings. The lowest BCUT2D eigenvalue weighted by atomic mass is 10.2. The predicted molar refractivity (Wildman–Crippen MR) is 85.0 cm³/mol. The van der Waals surface area contributed by atoms with Gasteiger partial charge in [-0.15, -0.1) is 0 Å². The molecule has 23 heavy (non-hydrogen) atoms. The number of methoxy groups -OCH3 is 2. The van der Waals surface area contributed by atoms with Gasteiger partial charge in [0.05, 0.1) is 26.4 Å². The molecular weight excluding hydrogens is 302 g/mol. The highest BCUT2D eigenvalue weighted by atomic mass is 16.5. The number of aliphatic hydroxyl groups excluding tert-OH is 2. The number of hydrogen-bond acceptors (Lipinski definition) is 7. The Labute approximate surface area is 136 Å². The van der Waals surface area contributed by atoms with E-state index in [2.05, 4.69) is 10.1 Å². The van der Waals surface area contributed by atoms with Crippen molar-refractivity contribution in [1.29, 1.82) is 0 Å². The molecule has 0 saturated carbocycles. The minimum atomic E-state index is -0.736. The van der Waals surface area contributed by atoms with Crippen molar-refractivity contribution in [2.75, 3.05) is 34.0 Å². The molecule has 3 N–H and O–H groups in total. The van der Waals surface area contributed by atoms with E-state index >= 15 is 0 Å². The summed E-state index contributed by atoms with van der Waals surface area (Å²) in [5.74, 6) is 0.344. The highest BCUT2D eigenvalue weighted by Crippen LogP contribution is 2.28. The minimum absolute atomic E-state index is 0.0207. The van der Waals surface area contributed by atoms with Gasteiger partial charge in [-0.3, -0.25) is 0 Å². The summed E-state index contributed by atoms with van der Waals surface area (Å²) in [6, 6.07) is 4.63. The summed E-state index contributed by atoms with van der Waals surface area (Å²) in [6.07, 6.45) is 0.0352. The molecular formula is C16H25NO6. The Morgan fingerprint density at radius 1 is 1.30 bits per heavy atom. The van der Waals surface area contributed by atoms with Crippen LogP contribution in [0.2, 0.25) is 0 Å². The van der Waals surface area contributed by atoms with Gasteiger partial charge in [-0.05, 0) is 24.6 Å². The monoisotopic (exact) mass is 327 g/mol. The van der Waals surface area contributed by atoms with Gasteiger partial charge in [-0.25, -0.2) is 4.79 Å². The summed E-state index contributed by atoms with van der Waals surface area (Å²) >= 11 is 0. The number of ether oxygens (including phenoxy) is 3. The van der Waals surface area contributed by atoms with Gasteiger partial charge in [0.25, 0.3) is 0 Å². The molecule has 0 unspecified atom stereocenters. The van der Waals surface area contributed by atoms with Crippen LogP contribution in [0.25, 0.3) is 0 Å². The summed E-state index contributed by atoms with van der Waals surface area (Å²) < 4.78 is 15.4. The fourth-order valence-electron chi connectivity index (χ4n) is 1.92. The van der Waals surface area contributed by atoms with Crippen LogP contribution in [0.5, 0.6) is 11.5 Å². The first-order valence-corrected chi connectivity index (χ1v) is 7.47. The van der Waals surface area contributed by atoms with Gasteiger partial charge in [0.15, 0.2) is 11.5 Å². The topological polar surface area (TPSA) is 97.2 Å². The molecule has 0 bridgehead atoms. The predicted octanol–water partition coefficient (Wildman–Crippen LogP) is 0.582. The van der Waals surface area contributed by atoms with E-state index in [1.54, 1.807) is 12.1 Å². The lowest BCUT2D eigenvalue weighted by molar-refractivity contribution is 0.0600. The SMILES string of the molecule is CC[C@@H](CO)NC[C@H](O)COc1ccc(C(=O)OC)cc1OC. The second-order valence-corrected chi connectivity index (χ2v) is 5.02. The Hall–Kier alpha value is -1.83. The van der Waals surface area contributed by atoms with Gasteiger partial charge < -0.3 is 29.7 Å². The number of carbonyl (C=O) groups is 1. The Morgan fingerprint density at radius 3 is 2.61 bits per heavy atom. The third-order valence-electron chi connectivity index (χ3n) is 3.37. The van der Waals surface area contributed by atoms with Crippen LogP contribution in [-0.4, -0.2) is 62.3 Å². The normalized spacial score (nSPS) is 13.3. The third-order valence-corrected chi connectivity index (χ3v) is 3.37. The van der Waals surface area contributed by atoms with Crippen molar-refractivity contribution >= 4 is 5.97 Å². The van der Waals surface area contributed by atoms with Crippen LogP contribution in [0.4, 0.5) is 0 Å². The van der Waals surface area contributed by atoms with Crippen LogP contribution in [0.1, 0.15) is 23.7 Å². The van der Waals surface area contributed by atoms with Gasteiger partial charge in [-0.1, -0.05) is 6.92 Å². The third kappa shape index (κ3) is 6.05. The molecule has 0 radical (unpaired) electrons. The summed E-state index contributed by atoms with van der Waals surface area (Å²) in [4.78, 5) is 11.5. The van der Waals surface area contributed by atoms with Crippen LogP contribution in [0.15, 0.2) is 18.2 Å². The second kappa shape index (κ2) is 10.0. The highest BCUT2D eigenvalue weighted by Gasteiger charge is 2.14. The Balaban J connectivity index is 2.58. The van der Waals surface area contributed by atoms with E-state index in [-0.39, 0.29) is 19.3 Å². The summed E-state index contributed by atoms with van der Waals surface area (Å²) in [7, 11) is 2.77. The highest BCUT2D eigenvalue weighted by molar-refractivity contribution is 5.90. The summed E-state index contributed by atoms with van der Waals surface area (Å²) in [5, 5.41) is 22.0. The van der Waals surface area contributed by atoms with Gasteiger partial charge >= 0.3 is 5.97 Å². The van der Waals surface area contributed by atoms with Crippen LogP contribution in [0, 0.1) is 0 Å². The van der Waals surface area contributed by atoms with Crippen molar-refractivity contribution in [3.05, 3.63) is 23.8 Å². The number of rotatable bonds is 10. The standard InChI is InChI=1S/C16H25NO6/c1-4-12(9-18)17-8-13(19)10-23-14-6-5-11(16(20)22-3)7-15(14)21-2/h5-7,12-13,17-19H,4,8-10H2,1-3H3/t12-,13-/m0/s1. The summed E-state index contributed by atoms with van der Waals surface area (Å²) in [6.45, 7) is 2.34. The molecule has 7 nitrogen and oxygen atoms in total. The zero-order valence-electron chi connectivity index (χ0n) is 13.7. The number of esters is 1. The van der Waals surface area contributed by atoms with E-state index in [0.29, 0.717) is 23.6 Å². The summed E-state index contributed by atoms with van der Waals surface area (Å²) in [5.41, 5.74) is 0.354. The number of benzene rings is 1. The molecule has 1 rings (SSSR count). The lowest BCUT2D eigenvalue weighted by Crippen LogP contribution is -2.39. The second-order valence-electron chi connectivity index (χ2n) is 5.02. The number of hydrogen-bond donors (Lipinski definition) is 3. The van der Waals surface area contributed by atoms with Gasteiger partial charge in [0.1, 0.15) is 12.7 Å². The van der Waals surface area contributed by atoms with Crippen molar-refractivity contribution in [2.45, 2.75) is 25.5 Å². The van der Waals surface area contributed by atoms with E-state index in [0.717, 1.165) is 6.42 Å². The van der Waals surface area contributed by atoms with Crippen LogP contribution in [0.3, 0.4) is 0 Å². The molecule has 2 atom stereocenters. The molecule has 0 saturated heterocycles. The van der Waals surface area contributed by atoms with E-state index in [1.165, 1.54) is 20.3 Å². The molecule has 0 heterocycles. The molecule has 0 spiro atoms. The fourth-order valence-corrected chi connectivity index (χ4v) is 1.92. The number of nitrogens with one attached hydrogen (secondary N) is 1. The minimum Gasteiger partial charge on any atom is -0.493 e. The maximum absolute atomic E-state index is 11.5. The molecule has 0 aliphatic heterocycles. The number of carbonyl (C=O) groups excluding carboxylic acids is 1. The van der Waals surface area contributed by atoms with Crippen LogP contribution < -0.4 is 14.8 Å². The maximum atomic E-state index is 11.5. The molecule has 0 aliphatic rings. The van der Waals surface area contributed by atoms with Crippen LogP contribution in [-0.2, 0) is 4.74 Å². The molecule has 0 fully saturated rings. The average molecular weight is 327 g/mol. The van der Waals surface area contributed by atoms with Gasteiger partial charge in [0.2, 0.25) is 0 Å². The molecule has 1 aromatic carbocycles. The first-order chi connectivity index (χ1) is 11.0.